The second-order valence-corrected chi connectivity index (χ2v) is 11.5. The number of hydrogen-bond donors (Lipinski definition) is 2. The highest BCUT2D eigenvalue weighted by Crippen LogP contribution is 2.40. The van der Waals surface area contributed by atoms with Crippen molar-refractivity contribution in [3.05, 3.63) is 105 Å². The van der Waals surface area contributed by atoms with Crippen molar-refractivity contribution in [2.45, 2.75) is 24.5 Å². The van der Waals surface area contributed by atoms with Crippen LogP contribution in [-0.2, 0) is 16.6 Å². The number of hydrogen-bond acceptors (Lipinski definition) is 4. The first-order valence-corrected chi connectivity index (χ1v) is 13.4. The fraction of sp³-hybridized carbons (Fsp3) is 0.148. The van der Waals surface area contributed by atoms with Gasteiger partial charge in [-0.25, -0.2) is 8.42 Å². The molecule has 6 nitrogen and oxygen atoms in total. The maximum Gasteiger partial charge on any atom is 0.244 e. The van der Waals surface area contributed by atoms with Crippen LogP contribution in [0.15, 0.2) is 77.8 Å². The lowest BCUT2D eigenvalue weighted by Crippen LogP contribution is -2.27. The number of rotatable bonds is 6. The van der Waals surface area contributed by atoms with Crippen molar-refractivity contribution >= 4 is 55.0 Å². The van der Waals surface area contributed by atoms with Crippen LogP contribution in [0.4, 0.5) is 0 Å². The Morgan fingerprint density at radius 3 is 2.61 bits per heavy atom. The van der Waals surface area contributed by atoms with E-state index in [1.165, 1.54) is 23.5 Å². The van der Waals surface area contributed by atoms with Crippen LogP contribution in [-0.4, -0.2) is 34.8 Å². The van der Waals surface area contributed by atoms with Crippen molar-refractivity contribution in [3.63, 3.8) is 0 Å². The number of pyridine rings is 1. The lowest BCUT2D eigenvalue weighted by molar-refractivity contribution is 0.221. The lowest BCUT2D eigenvalue weighted by atomic mass is 9.98. The molecule has 1 atom stereocenters. The Bertz CT molecular complexity index is 1720. The van der Waals surface area contributed by atoms with E-state index >= 15 is 0 Å². The van der Waals surface area contributed by atoms with Crippen molar-refractivity contribution in [2.24, 2.45) is 0 Å². The second kappa shape index (κ2) is 9.50. The largest absolute Gasteiger partial charge is 0.383 e. The van der Waals surface area contributed by atoms with Gasteiger partial charge in [0.2, 0.25) is 10.0 Å². The molecule has 0 aliphatic heterocycles. The molecule has 3 aromatic carbocycles. The van der Waals surface area contributed by atoms with Crippen molar-refractivity contribution in [3.8, 4) is 0 Å². The van der Waals surface area contributed by atoms with Crippen LogP contribution in [0.2, 0.25) is 10.0 Å². The van der Waals surface area contributed by atoms with E-state index in [1.807, 2.05) is 49.4 Å². The number of aromatic amines is 1. The van der Waals surface area contributed by atoms with Crippen LogP contribution in [0.3, 0.4) is 0 Å². The normalized spacial score (nSPS) is 13.1. The molecule has 184 valence electrons. The Morgan fingerprint density at radius 2 is 1.81 bits per heavy atom. The zero-order valence-corrected chi connectivity index (χ0v) is 21.9. The van der Waals surface area contributed by atoms with Crippen LogP contribution >= 0.6 is 23.2 Å². The molecule has 0 amide bonds. The second-order valence-electron chi connectivity index (χ2n) is 8.67. The van der Waals surface area contributed by atoms with Crippen molar-refractivity contribution in [2.75, 3.05) is 7.05 Å². The minimum Gasteiger partial charge on any atom is -0.383 e. The van der Waals surface area contributed by atoms with Gasteiger partial charge < -0.3 is 10.1 Å². The molecule has 0 aliphatic rings. The van der Waals surface area contributed by atoms with Crippen LogP contribution in [0.1, 0.15) is 28.5 Å². The maximum absolute atomic E-state index is 13.6. The van der Waals surface area contributed by atoms with E-state index in [0.29, 0.717) is 11.1 Å². The molecule has 2 heterocycles. The summed E-state index contributed by atoms with van der Waals surface area (Å²) in [6, 6.07) is 19.7. The van der Waals surface area contributed by atoms with Crippen molar-refractivity contribution in [1.82, 2.24) is 14.3 Å². The quantitative estimate of drug-likeness (QED) is 0.267. The molecule has 0 radical (unpaired) electrons. The molecule has 0 spiro atoms. The van der Waals surface area contributed by atoms with Gasteiger partial charge in [0.15, 0.2) is 0 Å². The summed E-state index contributed by atoms with van der Waals surface area (Å²) in [7, 11) is -2.52. The average molecular weight is 540 g/mol. The number of nitrogens with one attached hydrogen (secondary N) is 1. The summed E-state index contributed by atoms with van der Waals surface area (Å²) >= 11 is 13.1. The first-order valence-electron chi connectivity index (χ1n) is 11.2. The van der Waals surface area contributed by atoms with Crippen LogP contribution in [0.5, 0.6) is 0 Å². The minimum absolute atomic E-state index is 0.120. The van der Waals surface area contributed by atoms with Crippen LogP contribution in [0.25, 0.3) is 21.8 Å². The number of halogens is 2. The van der Waals surface area contributed by atoms with Gasteiger partial charge in [-0.3, -0.25) is 4.98 Å². The SMILES string of the molecule is Cc1ccc2cccc(C(O)c3c(Cl)ccc(S(=O)(=O)N(C)Cc4c[nH]c5ccccc45)c3Cl)c2n1. The minimum atomic E-state index is -4.02. The third-order valence-corrected chi connectivity index (χ3v) is 9.00. The molecule has 0 fully saturated rings. The number of H-pyrrole nitrogens is 1. The molecular formula is C27H23Cl2N3O3S. The smallest absolute Gasteiger partial charge is 0.244 e. The first kappa shape index (κ1) is 24.7. The predicted molar refractivity (Wildman–Crippen MR) is 144 cm³/mol. The van der Waals surface area contributed by atoms with Gasteiger partial charge in [0.25, 0.3) is 0 Å². The number of para-hydroxylation sites is 2. The van der Waals surface area contributed by atoms with E-state index in [-0.39, 0.29) is 27.0 Å². The molecule has 5 rings (SSSR count). The Morgan fingerprint density at radius 1 is 1.03 bits per heavy atom. The number of nitrogens with zero attached hydrogens (tertiary/aromatic N) is 2. The topological polar surface area (TPSA) is 86.3 Å². The monoisotopic (exact) mass is 539 g/mol. The van der Waals surface area contributed by atoms with Gasteiger partial charge in [-0.15, -0.1) is 0 Å². The summed E-state index contributed by atoms with van der Waals surface area (Å²) in [6.07, 6.45) is 0.516. The Labute approximate surface area is 219 Å². The van der Waals surface area contributed by atoms with E-state index in [4.69, 9.17) is 23.2 Å². The molecule has 0 saturated carbocycles. The zero-order chi connectivity index (χ0) is 25.6. The van der Waals surface area contributed by atoms with E-state index in [1.54, 1.807) is 18.3 Å². The lowest BCUT2D eigenvalue weighted by Gasteiger charge is -2.21. The van der Waals surface area contributed by atoms with Gasteiger partial charge in [-0.2, -0.15) is 4.31 Å². The number of benzene rings is 3. The fourth-order valence-electron chi connectivity index (χ4n) is 4.40. The summed E-state index contributed by atoms with van der Waals surface area (Å²) in [4.78, 5) is 7.60. The summed E-state index contributed by atoms with van der Waals surface area (Å²) in [5.74, 6) is 0. The molecule has 1 unspecified atom stereocenters. The molecule has 0 bridgehead atoms. The van der Waals surface area contributed by atoms with Gasteiger partial charge in [-0.1, -0.05) is 65.7 Å². The van der Waals surface area contributed by atoms with Gasteiger partial charge >= 0.3 is 0 Å². The molecule has 2 N–H and O–H groups in total. The number of aromatic nitrogens is 2. The van der Waals surface area contributed by atoms with Gasteiger partial charge in [0.1, 0.15) is 11.0 Å². The summed E-state index contributed by atoms with van der Waals surface area (Å²) in [5, 5.41) is 13.2. The number of fused-ring (bicyclic) bond motifs is 2. The van der Waals surface area contributed by atoms with E-state index in [0.717, 1.165) is 27.5 Å². The molecule has 5 aromatic rings. The number of aliphatic hydroxyl groups is 1. The van der Waals surface area contributed by atoms with Crippen LogP contribution in [0, 0.1) is 6.92 Å². The third kappa shape index (κ3) is 4.27. The Hall–Kier alpha value is -2.94. The predicted octanol–water partition coefficient (Wildman–Crippen LogP) is 6.23. The molecule has 36 heavy (non-hydrogen) atoms. The number of aryl methyl sites for hydroxylation is 1. The molecule has 0 saturated heterocycles. The summed E-state index contributed by atoms with van der Waals surface area (Å²) in [5.41, 5.74) is 3.75. The Balaban J connectivity index is 1.55. The summed E-state index contributed by atoms with van der Waals surface area (Å²) in [6.45, 7) is 2.00. The molecule has 0 aliphatic carbocycles. The number of aliphatic hydroxyl groups excluding tert-OH is 1. The highest BCUT2D eigenvalue weighted by molar-refractivity contribution is 7.89. The standard InChI is InChI=1S/C27H23Cl2N3O3S/c1-16-10-11-17-6-5-8-20(26(17)31-16)27(33)24-21(28)12-13-23(25(24)29)36(34,35)32(2)15-18-14-30-22-9-4-3-7-19(18)22/h3-14,27,30,33H,15H2,1-2H3. The zero-order valence-electron chi connectivity index (χ0n) is 19.5. The highest BCUT2D eigenvalue weighted by atomic mass is 35.5. The van der Waals surface area contributed by atoms with Gasteiger partial charge in [-0.05, 0) is 36.8 Å². The average Bonchev–Trinajstić information content (AvgIpc) is 3.26. The third-order valence-electron chi connectivity index (χ3n) is 6.31. The molecule has 2 aromatic heterocycles. The highest BCUT2D eigenvalue weighted by Gasteiger charge is 2.30. The fourth-order valence-corrected chi connectivity index (χ4v) is 6.49. The van der Waals surface area contributed by atoms with E-state index in [2.05, 4.69) is 9.97 Å². The summed E-state index contributed by atoms with van der Waals surface area (Å²) < 4.78 is 28.4. The van der Waals surface area contributed by atoms with E-state index < -0.39 is 16.1 Å². The first-order chi connectivity index (χ1) is 17.2. The maximum atomic E-state index is 13.6. The molecular weight excluding hydrogens is 517 g/mol. The number of sulfonamides is 1. The molecule has 9 heteroatoms. The van der Waals surface area contributed by atoms with E-state index in [9.17, 15) is 13.5 Å². The van der Waals surface area contributed by atoms with Crippen molar-refractivity contribution < 1.29 is 13.5 Å². The van der Waals surface area contributed by atoms with Crippen molar-refractivity contribution in [1.29, 1.82) is 0 Å². The van der Waals surface area contributed by atoms with Gasteiger partial charge in [0, 0.05) is 57.9 Å². The Kier molecular flexibility index (Phi) is 6.53. The van der Waals surface area contributed by atoms with Gasteiger partial charge in [0.05, 0.1) is 10.5 Å². The van der Waals surface area contributed by atoms with Crippen LogP contribution < -0.4 is 0 Å².